The molecule has 2 aliphatic rings. The van der Waals surface area contributed by atoms with Gasteiger partial charge in [-0.1, -0.05) is 23.8 Å². The van der Waals surface area contributed by atoms with Crippen LogP contribution in [0.4, 0.5) is 5.69 Å². The van der Waals surface area contributed by atoms with Crippen LogP contribution in [0.25, 0.3) is 0 Å². The van der Waals surface area contributed by atoms with E-state index in [0.717, 1.165) is 30.8 Å². The van der Waals surface area contributed by atoms with Crippen LogP contribution in [0.1, 0.15) is 23.7 Å². The van der Waals surface area contributed by atoms with Gasteiger partial charge in [-0.2, -0.15) is 0 Å². The van der Waals surface area contributed by atoms with E-state index in [0.29, 0.717) is 6.04 Å². The lowest BCUT2D eigenvalue weighted by molar-refractivity contribution is 0.0753. The monoisotopic (exact) mass is 228 g/mol. The van der Waals surface area contributed by atoms with Crippen LogP contribution >= 0.6 is 0 Å². The molecule has 1 aromatic carbocycles. The molecule has 1 aromatic rings. The molecular weight excluding hydrogens is 212 g/mol. The normalized spacial score (nSPS) is 25.2. The summed E-state index contributed by atoms with van der Waals surface area (Å²) in [7, 11) is 0. The molecule has 3 rings (SSSR count). The summed E-state index contributed by atoms with van der Waals surface area (Å²) in [6.07, 6.45) is 3.14. The summed E-state index contributed by atoms with van der Waals surface area (Å²) < 4.78 is 0. The highest BCUT2D eigenvalue weighted by molar-refractivity contribution is 6.00. The molecule has 0 aromatic heterocycles. The van der Waals surface area contributed by atoms with Gasteiger partial charge in [-0.15, -0.1) is 0 Å². The highest BCUT2D eigenvalue weighted by Crippen LogP contribution is 2.29. The Kier molecular flexibility index (Phi) is 2.39. The van der Waals surface area contributed by atoms with Crippen molar-refractivity contribution in [3.63, 3.8) is 0 Å². The van der Waals surface area contributed by atoms with Crippen LogP contribution in [-0.4, -0.2) is 29.9 Å². The third-order valence-electron chi connectivity index (χ3n) is 3.67. The van der Waals surface area contributed by atoms with E-state index in [1.807, 2.05) is 36.1 Å². The summed E-state index contributed by atoms with van der Waals surface area (Å²) in [5.41, 5.74) is 3.13. The molecule has 1 N–H and O–H groups in total. The molecule has 0 radical (unpaired) electrons. The third kappa shape index (κ3) is 1.62. The van der Waals surface area contributed by atoms with E-state index in [4.69, 9.17) is 0 Å². The Balaban J connectivity index is 1.99. The first-order valence-electron chi connectivity index (χ1n) is 6.07. The van der Waals surface area contributed by atoms with Gasteiger partial charge in [0.25, 0.3) is 5.91 Å². The second-order valence-electron chi connectivity index (χ2n) is 4.66. The predicted octanol–water partition coefficient (Wildman–Crippen LogP) is 2.27. The zero-order valence-electron chi connectivity index (χ0n) is 9.94. The molecule has 17 heavy (non-hydrogen) atoms. The van der Waals surface area contributed by atoms with Gasteiger partial charge in [-0.25, -0.2) is 0 Å². The minimum Gasteiger partial charge on any atom is -0.382 e. The number of carbonyl (C=O) groups excluding carboxylic acids is 1. The van der Waals surface area contributed by atoms with Crippen molar-refractivity contribution in [2.45, 2.75) is 19.4 Å². The van der Waals surface area contributed by atoms with Crippen molar-refractivity contribution in [2.75, 3.05) is 18.4 Å². The van der Waals surface area contributed by atoms with E-state index in [2.05, 4.69) is 11.4 Å². The number of para-hydroxylation sites is 1. The summed E-state index contributed by atoms with van der Waals surface area (Å²) in [6, 6.07) is 8.08. The molecular formula is C14H16N2O. The largest absolute Gasteiger partial charge is 0.382 e. The van der Waals surface area contributed by atoms with Crippen molar-refractivity contribution in [1.82, 2.24) is 4.90 Å². The number of nitrogens with one attached hydrogen (secondary N) is 1. The molecule has 88 valence electrons. The number of amides is 1. The van der Waals surface area contributed by atoms with Crippen LogP contribution in [0.15, 0.2) is 35.9 Å². The van der Waals surface area contributed by atoms with E-state index >= 15 is 0 Å². The van der Waals surface area contributed by atoms with Crippen LogP contribution in [0.5, 0.6) is 0 Å². The van der Waals surface area contributed by atoms with Gasteiger partial charge >= 0.3 is 0 Å². The summed E-state index contributed by atoms with van der Waals surface area (Å²) in [5, 5.41) is 3.38. The summed E-state index contributed by atoms with van der Waals surface area (Å²) in [6.45, 7) is 3.68. The molecule has 1 fully saturated rings. The zero-order chi connectivity index (χ0) is 11.8. The van der Waals surface area contributed by atoms with Crippen molar-refractivity contribution >= 4 is 11.6 Å². The summed E-state index contributed by atoms with van der Waals surface area (Å²) in [5.74, 6) is 0.160. The first-order chi connectivity index (χ1) is 8.29. The second-order valence-corrected chi connectivity index (χ2v) is 4.66. The predicted molar refractivity (Wildman–Crippen MR) is 68.1 cm³/mol. The Labute approximate surface area is 101 Å². The molecule has 2 heterocycles. The van der Waals surface area contributed by atoms with Crippen molar-refractivity contribution in [1.29, 1.82) is 0 Å². The number of rotatable bonds is 0. The van der Waals surface area contributed by atoms with Gasteiger partial charge in [-0.05, 0) is 25.5 Å². The fourth-order valence-electron chi connectivity index (χ4n) is 2.66. The summed E-state index contributed by atoms with van der Waals surface area (Å²) >= 11 is 0. The van der Waals surface area contributed by atoms with Crippen LogP contribution < -0.4 is 5.32 Å². The van der Waals surface area contributed by atoms with E-state index in [1.54, 1.807) is 0 Å². The molecule has 0 saturated carbocycles. The average molecular weight is 228 g/mol. The lowest BCUT2D eigenvalue weighted by atomic mass is 10.1. The molecule has 2 aliphatic heterocycles. The fourth-order valence-corrected chi connectivity index (χ4v) is 2.66. The minimum absolute atomic E-state index is 0.160. The molecule has 0 bridgehead atoms. The molecule has 0 spiro atoms. The third-order valence-corrected chi connectivity index (χ3v) is 3.67. The van der Waals surface area contributed by atoms with Crippen LogP contribution in [0.2, 0.25) is 0 Å². The Morgan fingerprint density at radius 2 is 2.24 bits per heavy atom. The van der Waals surface area contributed by atoms with Crippen molar-refractivity contribution in [3.05, 3.63) is 41.5 Å². The van der Waals surface area contributed by atoms with Gasteiger partial charge in [0.1, 0.15) is 0 Å². The SMILES string of the molecule is CC=C1C[C@H]2CNc3ccccc3C(=O)N2C1. The van der Waals surface area contributed by atoms with Gasteiger partial charge < -0.3 is 10.2 Å². The Hall–Kier alpha value is -1.77. The Bertz CT molecular complexity index is 493. The van der Waals surface area contributed by atoms with Crippen molar-refractivity contribution in [2.24, 2.45) is 0 Å². The molecule has 3 nitrogen and oxygen atoms in total. The summed E-state index contributed by atoms with van der Waals surface area (Å²) in [4.78, 5) is 14.4. The minimum atomic E-state index is 0.160. The van der Waals surface area contributed by atoms with Gasteiger partial charge in [0.05, 0.1) is 11.6 Å². The number of carbonyl (C=O) groups is 1. The van der Waals surface area contributed by atoms with Gasteiger partial charge in [0.15, 0.2) is 0 Å². The number of hydrogen-bond acceptors (Lipinski definition) is 2. The highest BCUT2D eigenvalue weighted by atomic mass is 16.2. The van der Waals surface area contributed by atoms with E-state index in [9.17, 15) is 4.79 Å². The standard InChI is InChI=1S/C14H16N2O/c1-2-10-7-11-8-15-13-6-4-3-5-12(13)14(17)16(11)9-10/h2-6,11,15H,7-9H2,1H3/t11-/m0/s1. The van der Waals surface area contributed by atoms with Crippen LogP contribution in [0, 0.1) is 0 Å². The number of allylic oxidation sites excluding steroid dienone is 1. The zero-order valence-corrected chi connectivity index (χ0v) is 9.94. The fraction of sp³-hybridized carbons (Fsp3) is 0.357. The van der Waals surface area contributed by atoms with E-state index < -0.39 is 0 Å². The smallest absolute Gasteiger partial charge is 0.256 e. The first kappa shape index (κ1) is 10.4. The second kappa shape index (κ2) is 3.91. The lowest BCUT2D eigenvalue weighted by Gasteiger charge is -2.20. The topological polar surface area (TPSA) is 32.3 Å². The highest BCUT2D eigenvalue weighted by Gasteiger charge is 2.34. The number of nitrogens with zero attached hydrogens (tertiary/aromatic N) is 1. The quantitative estimate of drug-likeness (QED) is 0.691. The van der Waals surface area contributed by atoms with Gasteiger partial charge in [-0.3, -0.25) is 4.79 Å². The lowest BCUT2D eigenvalue weighted by Crippen LogP contribution is -2.36. The van der Waals surface area contributed by atoms with Gasteiger partial charge in [0, 0.05) is 18.8 Å². The Morgan fingerprint density at radius 1 is 1.41 bits per heavy atom. The van der Waals surface area contributed by atoms with Crippen molar-refractivity contribution < 1.29 is 4.79 Å². The van der Waals surface area contributed by atoms with E-state index in [1.165, 1.54) is 5.57 Å². The van der Waals surface area contributed by atoms with E-state index in [-0.39, 0.29) is 5.91 Å². The van der Waals surface area contributed by atoms with Crippen LogP contribution in [0.3, 0.4) is 0 Å². The number of benzene rings is 1. The van der Waals surface area contributed by atoms with Crippen LogP contribution in [-0.2, 0) is 0 Å². The maximum Gasteiger partial charge on any atom is 0.256 e. The molecule has 1 atom stereocenters. The maximum absolute atomic E-state index is 12.4. The molecule has 3 heteroatoms. The van der Waals surface area contributed by atoms with Crippen molar-refractivity contribution in [3.8, 4) is 0 Å². The molecule has 1 saturated heterocycles. The number of anilines is 1. The first-order valence-corrected chi connectivity index (χ1v) is 6.07. The molecule has 0 unspecified atom stereocenters. The maximum atomic E-state index is 12.4. The van der Waals surface area contributed by atoms with Gasteiger partial charge in [0.2, 0.25) is 0 Å². The number of fused-ring (bicyclic) bond motifs is 2. The molecule has 1 amide bonds. The molecule has 0 aliphatic carbocycles. The Morgan fingerprint density at radius 3 is 3.06 bits per heavy atom. The average Bonchev–Trinajstić information content (AvgIpc) is 2.74. The number of hydrogen-bond donors (Lipinski definition) is 1.